The molecule has 0 aliphatic rings. The van der Waals surface area contributed by atoms with Gasteiger partial charge in [0.05, 0.1) is 15.8 Å². The highest BCUT2D eigenvalue weighted by molar-refractivity contribution is 8.00. The minimum atomic E-state index is -4.54. The Labute approximate surface area is 146 Å². The van der Waals surface area contributed by atoms with Gasteiger partial charge in [-0.2, -0.15) is 13.2 Å². The molecule has 5 nitrogen and oxygen atoms in total. The van der Waals surface area contributed by atoms with E-state index in [2.05, 4.69) is 10.2 Å². The number of rotatable bonds is 5. The maximum Gasteiger partial charge on any atom is 0.417 e. The van der Waals surface area contributed by atoms with Gasteiger partial charge in [-0.1, -0.05) is 23.4 Å². The van der Waals surface area contributed by atoms with Gasteiger partial charge in [0, 0.05) is 19.3 Å². The van der Waals surface area contributed by atoms with Gasteiger partial charge >= 0.3 is 6.18 Å². The molecule has 10 heteroatoms. The first-order chi connectivity index (χ1) is 11.2. The van der Waals surface area contributed by atoms with Crippen LogP contribution in [0.5, 0.6) is 0 Å². The van der Waals surface area contributed by atoms with Crippen LogP contribution in [0.3, 0.4) is 0 Å². The van der Waals surface area contributed by atoms with Crippen LogP contribution in [0.2, 0.25) is 5.02 Å². The molecule has 0 bridgehead atoms. The molecule has 0 N–H and O–H groups in total. The Hall–Kier alpha value is -1.48. The summed E-state index contributed by atoms with van der Waals surface area (Å²) >= 11 is 6.92. The van der Waals surface area contributed by atoms with Crippen molar-refractivity contribution in [1.29, 1.82) is 0 Å². The predicted octanol–water partition coefficient (Wildman–Crippen LogP) is 3.75. The minimum Gasteiger partial charge on any atom is -0.342 e. The largest absolute Gasteiger partial charge is 0.417 e. The predicted molar refractivity (Wildman–Crippen MR) is 86.2 cm³/mol. The Balaban J connectivity index is 2.36. The lowest BCUT2D eigenvalue weighted by Gasteiger charge is -2.22. The van der Waals surface area contributed by atoms with Gasteiger partial charge in [-0.05, 0) is 26.8 Å². The van der Waals surface area contributed by atoms with E-state index < -0.39 is 17.0 Å². The van der Waals surface area contributed by atoms with Crippen LogP contribution in [-0.4, -0.2) is 43.7 Å². The third-order valence-electron chi connectivity index (χ3n) is 3.46. The van der Waals surface area contributed by atoms with E-state index in [9.17, 15) is 18.0 Å². The van der Waals surface area contributed by atoms with Gasteiger partial charge in [0.25, 0.3) is 0 Å². The number of nitrogens with zero attached hydrogens (tertiary/aromatic N) is 4. The highest BCUT2D eigenvalue weighted by atomic mass is 35.5. The molecule has 0 aliphatic carbocycles. The first kappa shape index (κ1) is 18.9. The summed E-state index contributed by atoms with van der Waals surface area (Å²) in [5.74, 6) is -0.111. The number of carbonyl (C=O) groups excluding carboxylic acids is 1. The lowest BCUT2D eigenvalue weighted by molar-refractivity contribution is -0.138. The lowest BCUT2D eigenvalue weighted by atomic mass is 10.3. The number of fused-ring (bicyclic) bond motifs is 1. The summed E-state index contributed by atoms with van der Waals surface area (Å²) in [6.45, 7) is 6.53. The number of alkyl halides is 3. The highest BCUT2D eigenvalue weighted by Gasteiger charge is 2.32. The number of hydrogen-bond acceptors (Lipinski definition) is 4. The van der Waals surface area contributed by atoms with Crippen LogP contribution in [0, 0.1) is 0 Å². The summed E-state index contributed by atoms with van der Waals surface area (Å²) in [6.07, 6.45) is -3.65. The van der Waals surface area contributed by atoms with E-state index in [0.717, 1.165) is 24.0 Å². The first-order valence-corrected chi connectivity index (χ1v) is 8.51. The van der Waals surface area contributed by atoms with E-state index in [1.54, 1.807) is 11.8 Å². The van der Waals surface area contributed by atoms with E-state index in [1.165, 1.54) is 4.40 Å². The Bertz CT molecular complexity index is 745. The highest BCUT2D eigenvalue weighted by Crippen LogP contribution is 2.34. The molecule has 0 saturated carbocycles. The summed E-state index contributed by atoms with van der Waals surface area (Å²) in [5.41, 5.74) is -0.779. The number of amides is 1. The van der Waals surface area contributed by atoms with Crippen molar-refractivity contribution in [2.75, 3.05) is 13.1 Å². The van der Waals surface area contributed by atoms with Crippen molar-refractivity contribution in [2.45, 2.75) is 37.4 Å². The topological polar surface area (TPSA) is 50.5 Å². The zero-order valence-electron chi connectivity index (χ0n) is 13.3. The molecule has 0 aromatic carbocycles. The summed E-state index contributed by atoms with van der Waals surface area (Å²) in [5, 5.41) is 7.20. The molecule has 132 valence electrons. The van der Waals surface area contributed by atoms with E-state index in [4.69, 9.17) is 11.6 Å². The smallest absolute Gasteiger partial charge is 0.342 e. The van der Waals surface area contributed by atoms with Crippen LogP contribution in [0.15, 0.2) is 17.4 Å². The molecular weight excluding hydrogens is 365 g/mol. The van der Waals surface area contributed by atoms with Crippen molar-refractivity contribution in [2.24, 2.45) is 0 Å². The van der Waals surface area contributed by atoms with Crippen LogP contribution in [0.25, 0.3) is 5.65 Å². The van der Waals surface area contributed by atoms with Gasteiger partial charge in [0.15, 0.2) is 10.8 Å². The first-order valence-electron chi connectivity index (χ1n) is 7.25. The molecule has 2 rings (SSSR count). The van der Waals surface area contributed by atoms with E-state index in [-0.39, 0.29) is 21.7 Å². The number of thioether (sulfide) groups is 1. The molecule has 1 amide bonds. The van der Waals surface area contributed by atoms with Crippen molar-refractivity contribution in [3.05, 3.63) is 22.8 Å². The van der Waals surface area contributed by atoms with Gasteiger partial charge < -0.3 is 4.90 Å². The van der Waals surface area contributed by atoms with E-state index >= 15 is 0 Å². The van der Waals surface area contributed by atoms with Crippen molar-refractivity contribution >= 4 is 34.9 Å². The summed E-state index contributed by atoms with van der Waals surface area (Å²) in [7, 11) is 0. The third kappa shape index (κ3) is 3.77. The van der Waals surface area contributed by atoms with Crippen molar-refractivity contribution in [3.63, 3.8) is 0 Å². The fraction of sp³-hybridized carbons (Fsp3) is 0.500. The maximum absolute atomic E-state index is 12.9. The molecule has 0 fully saturated rings. The summed E-state index contributed by atoms with van der Waals surface area (Å²) in [6, 6.07) is 0.810. The second-order valence-corrected chi connectivity index (χ2v) is 6.74. The molecule has 2 aromatic rings. The van der Waals surface area contributed by atoms with Crippen LogP contribution in [-0.2, 0) is 11.0 Å². The molecular formula is C14H16ClF3N4OS. The molecule has 0 radical (unpaired) electrons. The normalized spacial score (nSPS) is 13.3. The Morgan fingerprint density at radius 2 is 2.00 bits per heavy atom. The van der Waals surface area contributed by atoms with Crippen molar-refractivity contribution < 1.29 is 18.0 Å². The number of hydrogen-bond donors (Lipinski definition) is 0. The number of carbonyl (C=O) groups is 1. The van der Waals surface area contributed by atoms with E-state index in [0.29, 0.717) is 13.1 Å². The monoisotopic (exact) mass is 380 g/mol. The molecule has 2 aromatic heterocycles. The molecule has 0 saturated heterocycles. The molecule has 1 atom stereocenters. The minimum absolute atomic E-state index is 0.111. The second kappa shape index (κ2) is 7.18. The van der Waals surface area contributed by atoms with Crippen LogP contribution in [0.4, 0.5) is 13.2 Å². The van der Waals surface area contributed by atoms with Crippen molar-refractivity contribution in [1.82, 2.24) is 19.5 Å². The molecule has 24 heavy (non-hydrogen) atoms. The maximum atomic E-state index is 12.9. The Morgan fingerprint density at radius 1 is 1.38 bits per heavy atom. The van der Waals surface area contributed by atoms with Gasteiger partial charge in [0.2, 0.25) is 5.91 Å². The molecule has 0 spiro atoms. The Kier molecular flexibility index (Phi) is 5.64. The molecule has 0 aliphatic heterocycles. The average molecular weight is 381 g/mol. The summed E-state index contributed by atoms with van der Waals surface area (Å²) in [4.78, 5) is 14.0. The zero-order valence-corrected chi connectivity index (χ0v) is 14.8. The van der Waals surface area contributed by atoms with Crippen LogP contribution in [0.1, 0.15) is 26.3 Å². The van der Waals surface area contributed by atoms with Crippen molar-refractivity contribution in [3.8, 4) is 0 Å². The van der Waals surface area contributed by atoms with Crippen LogP contribution < -0.4 is 0 Å². The van der Waals surface area contributed by atoms with Gasteiger partial charge in [0.1, 0.15) is 0 Å². The zero-order chi connectivity index (χ0) is 18.1. The fourth-order valence-electron chi connectivity index (χ4n) is 2.17. The van der Waals surface area contributed by atoms with E-state index in [1.807, 2.05) is 13.8 Å². The quantitative estimate of drug-likeness (QED) is 0.741. The molecule has 2 heterocycles. The van der Waals surface area contributed by atoms with Gasteiger partial charge in [-0.15, -0.1) is 10.2 Å². The summed E-state index contributed by atoms with van der Waals surface area (Å²) < 4.78 is 40.0. The van der Waals surface area contributed by atoms with Gasteiger partial charge in [-0.3, -0.25) is 9.20 Å². The fourth-order valence-corrected chi connectivity index (χ4v) is 3.32. The molecule has 1 unspecified atom stereocenters. The van der Waals surface area contributed by atoms with Crippen LogP contribution >= 0.6 is 23.4 Å². The number of halogens is 4. The number of aromatic nitrogens is 3. The lowest BCUT2D eigenvalue weighted by Crippen LogP contribution is -2.36. The Morgan fingerprint density at radius 3 is 2.54 bits per heavy atom. The third-order valence-corrected chi connectivity index (χ3v) is 4.78. The second-order valence-electron chi connectivity index (χ2n) is 5.02. The average Bonchev–Trinajstić information content (AvgIpc) is 2.91. The SMILES string of the molecule is CCN(CC)C(=O)C(C)Sc1nnc2c(Cl)cc(C(F)(F)F)cn12. The standard InChI is InChI=1S/C14H16ClF3N4OS/c1-4-21(5-2)12(23)8(3)24-13-20-19-11-10(15)6-9(7-22(11)13)14(16,17)18/h6-8H,4-5H2,1-3H3. The van der Waals surface area contributed by atoms with Gasteiger partial charge in [-0.25, -0.2) is 0 Å². The number of pyridine rings is 1.